The average Bonchev–Trinajstić information content (AvgIpc) is 2.55. The number of nitrogens with zero attached hydrogens (tertiary/aromatic N) is 2. The maximum Gasteiger partial charge on any atom is 0.120 e. The quantitative estimate of drug-likeness (QED) is 0.739. The number of rotatable bonds is 3. The van der Waals surface area contributed by atoms with Gasteiger partial charge in [0.15, 0.2) is 0 Å². The summed E-state index contributed by atoms with van der Waals surface area (Å²) in [5.41, 5.74) is 3.36. The molecule has 0 spiro atoms. The summed E-state index contributed by atoms with van der Waals surface area (Å²) in [7, 11) is 2.02. The molecular formula is C13H16N2O. The van der Waals surface area contributed by atoms with E-state index in [1.165, 1.54) is 5.56 Å². The molecule has 1 unspecified atom stereocenters. The summed E-state index contributed by atoms with van der Waals surface area (Å²) >= 11 is 0. The summed E-state index contributed by atoms with van der Waals surface area (Å²) in [5.74, 6) is 1.25. The molecule has 0 saturated heterocycles. The number of hydrogen-bond acceptors (Lipinski definition) is 2. The van der Waals surface area contributed by atoms with Crippen molar-refractivity contribution in [2.75, 3.05) is 0 Å². The van der Waals surface area contributed by atoms with Crippen LogP contribution in [0.5, 0.6) is 0 Å². The third-order valence-corrected chi connectivity index (χ3v) is 3.13. The fraction of sp³-hybridized carbons (Fsp3) is 0.385. The van der Waals surface area contributed by atoms with Crippen molar-refractivity contribution in [3.63, 3.8) is 0 Å². The summed E-state index contributed by atoms with van der Waals surface area (Å²) in [6.45, 7) is 4.07. The first-order valence-electron chi connectivity index (χ1n) is 5.50. The number of imidazole rings is 1. The number of benzene rings is 1. The van der Waals surface area contributed by atoms with Gasteiger partial charge in [-0.05, 0) is 24.5 Å². The van der Waals surface area contributed by atoms with Crippen LogP contribution in [0.2, 0.25) is 0 Å². The molecule has 1 aromatic heterocycles. The number of fused-ring (bicyclic) bond motifs is 1. The fourth-order valence-electron chi connectivity index (χ4n) is 2.08. The molecule has 2 rings (SSSR count). The Morgan fingerprint density at radius 2 is 2.25 bits per heavy atom. The minimum atomic E-state index is 0.246. The highest BCUT2D eigenvalue weighted by molar-refractivity contribution is 5.80. The summed E-state index contributed by atoms with van der Waals surface area (Å²) in [6, 6.07) is 6.10. The second-order valence-electron chi connectivity index (χ2n) is 4.24. The molecule has 0 fully saturated rings. The normalized spacial score (nSPS) is 12.9. The predicted molar refractivity (Wildman–Crippen MR) is 64.5 cm³/mol. The number of carbonyl (C=O) groups is 1. The Morgan fingerprint density at radius 1 is 1.50 bits per heavy atom. The van der Waals surface area contributed by atoms with E-state index >= 15 is 0 Å². The van der Waals surface area contributed by atoms with Crippen molar-refractivity contribution in [3.05, 3.63) is 29.6 Å². The van der Waals surface area contributed by atoms with Crippen molar-refractivity contribution in [1.29, 1.82) is 0 Å². The highest BCUT2D eigenvalue weighted by Gasteiger charge is 2.13. The van der Waals surface area contributed by atoms with E-state index in [1.54, 1.807) is 0 Å². The monoisotopic (exact) mass is 216 g/mol. The number of hydrogen-bond donors (Lipinski definition) is 0. The van der Waals surface area contributed by atoms with Gasteiger partial charge in [-0.2, -0.15) is 0 Å². The van der Waals surface area contributed by atoms with Crippen LogP contribution in [0.25, 0.3) is 11.0 Å². The average molecular weight is 216 g/mol. The molecule has 1 heterocycles. The maximum absolute atomic E-state index is 10.6. The highest BCUT2D eigenvalue weighted by Crippen LogP contribution is 2.27. The van der Waals surface area contributed by atoms with Gasteiger partial charge in [0.05, 0.1) is 11.0 Å². The van der Waals surface area contributed by atoms with Crippen molar-refractivity contribution in [3.8, 4) is 0 Å². The Labute approximate surface area is 95.1 Å². The van der Waals surface area contributed by atoms with Gasteiger partial charge < -0.3 is 9.36 Å². The molecule has 0 aliphatic rings. The van der Waals surface area contributed by atoms with Crippen LogP contribution in [-0.4, -0.2) is 15.8 Å². The van der Waals surface area contributed by atoms with Crippen molar-refractivity contribution >= 4 is 17.3 Å². The zero-order valence-corrected chi connectivity index (χ0v) is 9.90. The van der Waals surface area contributed by atoms with E-state index in [-0.39, 0.29) is 5.92 Å². The molecule has 0 N–H and O–H groups in total. The van der Waals surface area contributed by atoms with Crippen LogP contribution in [0.4, 0.5) is 0 Å². The molecule has 84 valence electrons. The third kappa shape index (κ3) is 1.62. The minimum absolute atomic E-state index is 0.246. The zero-order valence-electron chi connectivity index (χ0n) is 9.90. The van der Waals surface area contributed by atoms with Crippen LogP contribution in [-0.2, 0) is 11.8 Å². The van der Waals surface area contributed by atoms with E-state index in [2.05, 4.69) is 22.5 Å². The van der Waals surface area contributed by atoms with Crippen molar-refractivity contribution in [1.82, 2.24) is 9.55 Å². The van der Waals surface area contributed by atoms with Crippen molar-refractivity contribution in [2.24, 2.45) is 7.05 Å². The van der Waals surface area contributed by atoms with Gasteiger partial charge in [-0.1, -0.05) is 19.1 Å². The Hall–Kier alpha value is -1.64. The van der Waals surface area contributed by atoms with Gasteiger partial charge in [-0.15, -0.1) is 0 Å². The molecule has 0 amide bonds. The molecule has 0 aliphatic carbocycles. The first-order chi connectivity index (χ1) is 7.65. The lowest BCUT2D eigenvalue weighted by Gasteiger charge is -2.11. The molecule has 16 heavy (non-hydrogen) atoms. The van der Waals surface area contributed by atoms with E-state index in [4.69, 9.17) is 0 Å². The molecule has 0 radical (unpaired) electrons. The van der Waals surface area contributed by atoms with Gasteiger partial charge in [-0.25, -0.2) is 4.98 Å². The van der Waals surface area contributed by atoms with Gasteiger partial charge in [-0.3, -0.25) is 0 Å². The van der Waals surface area contributed by atoms with E-state index in [1.807, 2.05) is 26.1 Å². The minimum Gasteiger partial charge on any atom is -0.331 e. The number of carbonyl (C=O) groups excluding carboxylic acids is 1. The topological polar surface area (TPSA) is 34.9 Å². The number of aldehydes is 1. The highest BCUT2D eigenvalue weighted by atomic mass is 16.1. The lowest BCUT2D eigenvalue weighted by Crippen LogP contribution is -1.99. The van der Waals surface area contributed by atoms with Crippen LogP contribution in [0, 0.1) is 6.92 Å². The first-order valence-corrected chi connectivity index (χ1v) is 5.50. The summed E-state index contributed by atoms with van der Waals surface area (Å²) in [5, 5.41) is 0. The van der Waals surface area contributed by atoms with Crippen molar-refractivity contribution < 1.29 is 4.79 Å². The van der Waals surface area contributed by atoms with Gasteiger partial charge in [0.2, 0.25) is 0 Å². The van der Waals surface area contributed by atoms with E-state index in [0.29, 0.717) is 6.42 Å². The molecular weight excluding hydrogens is 200 g/mol. The maximum atomic E-state index is 10.6. The van der Waals surface area contributed by atoms with Gasteiger partial charge in [0, 0.05) is 13.5 Å². The number of aryl methyl sites for hydroxylation is 2. The van der Waals surface area contributed by atoms with Gasteiger partial charge in [0.25, 0.3) is 0 Å². The second kappa shape index (κ2) is 4.08. The Bertz CT molecular complexity index is 528. The van der Waals surface area contributed by atoms with Crippen molar-refractivity contribution in [2.45, 2.75) is 26.2 Å². The Kier molecular flexibility index (Phi) is 2.77. The van der Waals surface area contributed by atoms with E-state index in [9.17, 15) is 4.79 Å². The summed E-state index contributed by atoms with van der Waals surface area (Å²) < 4.78 is 2.09. The van der Waals surface area contributed by atoms with Crippen LogP contribution >= 0.6 is 0 Å². The van der Waals surface area contributed by atoms with Gasteiger partial charge in [0.1, 0.15) is 12.1 Å². The fourth-order valence-corrected chi connectivity index (χ4v) is 2.08. The van der Waals surface area contributed by atoms with E-state index in [0.717, 1.165) is 23.1 Å². The molecule has 2 aromatic rings. The number of aromatic nitrogens is 2. The Balaban J connectivity index is 2.64. The molecule has 0 saturated carbocycles. The van der Waals surface area contributed by atoms with Crippen LogP contribution < -0.4 is 0 Å². The standard InChI is InChI=1S/C13H16N2O/c1-9(7-8-16)11-5-4-6-12-13(11)15(3)10(2)14-12/h4-6,8-9H,7H2,1-3H3. The third-order valence-electron chi connectivity index (χ3n) is 3.13. The van der Waals surface area contributed by atoms with E-state index < -0.39 is 0 Å². The molecule has 0 aliphatic heterocycles. The predicted octanol–water partition coefficient (Wildman–Crippen LogP) is 2.57. The molecule has 3 heteroatoms. The van der Waals surface area contributed by atoms with Crippen LogP contribution in [0.3, 0.4) is 0 Å². The molecule has 1 aromatic carbocycles. The molecule has 1 atom stereocenters. The van der Waals surface area contributed by atoms with Gasteiger partial charge >= 0.3 is 0 Å². The zero-order chi connectivity index (χ0) is 11.7. The number of para-hydroxylation sites is 1. The second-order valence-corrected chi connectivity index (χ2v) is 4.24. The summed E-state index contributed by atoms with van der Waals surface area (Å²) in [6.07, 6.45) is 1.54. The Morgan fingerprint density at radius 3 is 2.94 bits per heavy atom. The smallest absolute Gasteiger partial charge is 0.120 e. The van der Waals surface area contributed by atoms with Crippen LogP contribution in [0.15, 0.2) is 18.2 Å². The first kappa shape index (κ1) is 10.9. The molecule has 0 bridgehead atoms. The molecule has 3 nitrogen and oxygen atoms in total. The lowest BCUT2D eigenvalue weighted by atomic mass is 9.97. The SMILES string of the molecule is Cc1nc2cccc(C(C)CC=O)c2n1C. The lowest BCUT2D eigenvalue weighted by molar-refractivity contribution is -0.108. The van der Waals surface area contributed by atoms with Crippen LogP contribution in [0.1, 0.15) is 30.7 Å². The summed E-state index contributed by atoms with van der Waals surface area (Å²) in [4.78, 5) is 15.1. The largest absolute Gasteiger partial charge is 0.331 e.